The first-order valence-corrected chi connectivity index (χ1v) is 13.3. The monoisotopic (exact) mass is 514 g/mol. The molecule has 1 aliphatic heterocycles. The smallest absolute Gasteiger partial charge is 0.338 e. The van der Waals surface area contributed by atoms with Gasteiger partial charge < -0.3 is 10.1 Å². The Hall–Kier alpha value is -3.84. The Balaban J connectivity index is 1.61. The molecular formula is C30H30N2O4S. The summed E-state index contributed by atoms with van der Waals surface area (Å²) in [6.07, 6.45) is 3.89. The Morgan fingerprint density at radius 1 is 0.865 bits per heavy atom. The summed E-state index contributed by atoms with van der Waals surface area (Å²) in [6, 6.07) is 23.7. The summed E-state index contributed by atoms with van der Waals surface area (Å²) in [7, 11) is 0. The van der Waals surface area contributed by atoms with E-state index >= 15 is 0 Å². The topological polar surface area (TPSA) is 75.7 Å². The van der Waals surface area contributed by atoms with Crippen molar-refractivity contribution in [2.45, 2.75) is 44.4 Å². The first-order valence-electron chi connectivity index (χ1n) is 12.5. The van der Waals surface area contributed by atoms with Crippen LogP contribution in [0.4, 0.5) is 11.4 Å². The van der Waals surface area contributed by atoms with E-state index in [1.165, 1.54) is 22.2 Å². The van der Waals surface area contributed by atoms with Crippen molar-refractivity contribution in [3.05, 3.63) is 101 Å². The van der Waals surface area contributed by atoms with Gasteiger partial charge in [0.1, 0.15) is 10.6 Å². The summed E-state index contributed by atoms with van der Waals surface area (Å²) < 4.78 is 5.18. The minimum absolute atomic E-state index is 0.204. The van der Waals surface area contributed by atoms with Gasteiger partial charge in [-0.1, -0.05) is 62.4 Å². The van der Waals surface area contributed by atoms with Gasteiger partial charge in [-0.3, -0.25) is 9.59 Å². The molecule has 0 radical (unpaired) electrons. The van der Waals surface area contributed by atoms with Gasteiger partial charge in [0.05, 0.1) is 17.9 Å². The fraction of sp³-hybridized carbons (Fsp3) is 0.233. The zero-order chi connectivity index (χ0) is 26.2. The molecule has 0 spiro atoms. The van der Waals surface area contributed by atoms with Crippen LogP contribution in [-0.2, 0) is 20.7 Å². The molecule has 1 N–H and O–H groups in total. The number of carbonyl (C=O) groups is 3. The predicted octanol–water partition coefficient (Wildman–Crippen LogP) is 6.59. The van der Waals surface area contributed by atoms with Crippen LogP contribution in [-0.4, -0.2) is 24.4 Å². The predicted molar refractivity (Wildman–Crippen MR) is 148 cm³/mol. The van der Waals surface area contributed by atoms with Gasteiger partial charge in [-0.05, 0) is 73.4 Å². The third-order valence-electron chi connectivity index (χ3n) is 5.85. The molecule has 0 saturated heterocycles. The second-order valence-electron chi connectivity index (χ2n) is 8.67. The number of anilines is 2. The molecule has 6 nitrogen and oxygen atoms in total. The van der Waals surface area contributed by atoms with Gasteiger partial charge >= 0.3 is 5.97 Å². The van der Waals surface area contributed by atoms with Crippen LogP contribution in [0.1, 0.15) is 49.0 Å². The average molecular weight is 515 g/mol. The molecule has 0 aliphatic carbocycles. The van der Waals surface area contributed by atoms with Crippen LogP contribution in [0.3, 0.4) is 0 Å². The minimum atomic E-state index is -0.420. The molecule has 1 aliphatic rings. The number of ether oxygens (including phenoxy) is 1. The number of benzene rings is 3. The van der Waals surface area contributed by atoms with Gasteiger partial charge in [-0.2, -0.15) is 0 Å². The summed E-state index contributed by atoms with van der Waals surface area (Å²) in [5, 5.41) is 3.13. The largest absolute Gasteiger partial charge is 0.462 e. The van der Waals surface area contributed by atoms with E-state index in [1.807, 2.05) is 61.5 Å². The fourth-order valence-electron chi connectivity index (χ4n) is 3.86. The molecule has 2 amide bonds. The van der Waals surface area contributed by atoms with Gasteiger partial charge in [-0.15, -0.1) is 0 Å². The third-order valence-corrected chi connectivity index (χ3v) is 6.94. The Morgan fingerprint density at radius 2 is 1.57 bits per heavy atom. The molecule has 0 fully saturated rings. The number of hydrogen-bond donors (Lipinski definition) is 1. The number of amides is 2. The van der Waals surface area contributed by atoms with Gasteiger partial charge in [-0.25, -0.2) is 9.69 Å². The summed E-state index contributed by atoms with van der Waals surface area (Å²) in [5.41, 5.74) is 2.92. The van der Waals surface area contributed by atoms with E-state index < -0.39 is 11.9 Å². The number of thioether (sulfide) groups is 1. The van der Waals surface area contributed by atoms with Crippen molar-refractivity contribution in [3.8, 4) is 0 Å². The lowest BCUT2D eigenvalue weighted by Gasteiger charge is -2.16. The number of esters is 1. The van der Waals surface area contributed by atoms with Crippen LogP contribution < -0.4 is 10.2 Å². The number of carbonyl (C=O) groups excluding carboxylic acids is 3. The SMILES string of the molecule is CCCCc1ccc(N2C(=O)C(Nc3ccc(C(=O)OCCC)cc3)=C(Sc3ccccc3)C2=O)cc1. The summed E-state index contributed by atoms with van der Waals surface area (Å²) in [4.78, 5) is 41.6. The van der Waals surface area contributed by atoms with Crippen molar-refractivity contribution >= 4 is 40.9 Å². The Morgan fingerprint density at radius 3 is 2.22 bits per heavy atom. The molecule has 1 heterocycles. The molecule has 3 aromatic carbocycles. The van der Waals surface area contributed by atoms with E-state index in [-0.39, 0.29) is 11.6 Å². The van der Waals surface area contributed by atoms with E-state index in [0.717, 1.165) is 30.6 Å². The van der Waals surface area contributed by atoms with Crippen molar-refractivity contribution in [2.75, 3.05) is 16.8 Å². The van der Waals surface area contributed by atoms with Crippen molar-refractivity contribution in [3.63, 3.8) is 0 Å². The fourth-order valence-corrected chi connectivity index (χ4v) is 4.81. The van der Waals surface area contributed by atoms with E-state index in [0.29, 0.717) is 28.5 Å². The number of nitrogens with one attached hydrogen (secondary N) is 1. The maximum atomic E-state index is 13.6. The maximum absolute atomic E-state index is 13.6. The van der Waals surface area contributed by atoms with Crippen molar-refractivity contribution in [1.82, 2.24) is 0 Å². The van der Waals surface area contributed by atoms with Crippen LogP contribution in [0.2, 0.25) is 0 Å². The van der Waals surface area contributed by atoms with Gasteiger partial charge in [0.25, 0.3) is 11.8 Å². The van der Waals surface area contributed by atoms with E-state index in [1.54, 1.807) is 24.3 Å². The number of nitrogens with zero attached hydrogens (tertiary/aromatic N) is 1. The normalized spacial score (nSPS) is 13.3. The van der Waals surface area contributed by atoms with Crippen LogP contribution in [0.15, 0.2) is 94.4 Å². The maximum Gasteiger partial charge on any atom is 0.338 e. The molecule has 0 bridgehead atoms. The minimum Gasteiger partial charge on any atom is -0.462 e. The number of rotatable bonds is 11. The molecule has 0 saturated carbocycles. The molecule has 0 atom stereocenters. The zero-order valence-electron chi connectivity index (χ0n) is 21.0. The van der Waals surface area contributed by atoms with Gasteiger partial charge in [0.15, 0.2) is 0 Å². The highest BCUT2D eigenvalue weighted by Gasteiger charge is 2.40. The summed E-state index contributed by atoms with van der Waals surface area (Å²) in [5.74, 6) is -1.19. The molecule has 190 valence electrons. The standard InChI is InChI=1S/C30H30N2O4S/c1-3-5-9-21-12-18-24(19-13-21)32-28(33)26(27(29(32)34)37-25-10-7-6-8-11-25)31-23-16-14-22(15-17-23)30(35)36-20-4-2/h6-8,10-19,31H,3-5,9,20H2,1-2H3. The quantitative estimate of drug-likeness (QED) is 0.230. The second kappa shape index (κ2) is 12.4. The summed E-state index contributed by atoms with van der Waals surface area (Å²) in [6.45, 7) is 4.44. The van der Waals surface area contributed by atoms with Crippen LogP contribution in [0, 0.1) is 0 Å². The van der Waals surface area contributed by atoms with Gasteiger partial charge in [0.2, 0.25) is 0 Å². The Labute approximate surface area is 221 Å². The third kappa shape index (κ3) is 6.30. The first kappa shape index (κ1) is 26.2. The average Bonchev–Trinajstić information content (AvgIpc) is 3.15. The molecule has 4 rings (SSSR count). The number of hydrogen-bond acceptors (Lipinski definition) is 6. The Bertz CT molecular complexity index is 1290. The number of unbranched alkanes of at least 4 members (excludes halogenated alkanes) is 1. The van der Waals surface area contributed by atoms with Gasteiger partial charge in [0, 0.05) is 10.6 Å². The lowest BCUT2D eigenvalue weighted by molar-refractivity contribution is -0.120. The highest BCUT2D eigenvalue weighted by Crippen LogP contribution is 2.38. The molecule has 0 aromatic heterocycles. The second-order valence-corrected chi connectivity index (χ2v) is 9.76. The zero-order valence-corrected chi connectivity index (χ0v) is 21.8. The molecule has 37 heavy (non-hydrogen) atoms. The van der Waals surface area contributed by atoms with Crippen LogP contribution in [0.5, 0.6) is 0 Å². The van der Waals surface area contributed by atoms with E-state index in [4.69, 9.17) is 4.74 Å². The lowest BCUT2D eigenvalue weighted by Crippen LogP contribution is -2.32. The lowest BCUT2D eigenvalue weighted by atomic mass is 10.1. The molecule has 7 heteroatoms. The summed E-state index contributed by atoms with van der Waals surface area (Å²) >= 11 is 1.25. The van der Waals surface area contributed by atoms with Crippen molar-refractivity contribution in [2.24, 2.45) is 0 Å². The van der Waals surface area contributed by atoms with Crippen molar-refractivity contribution in [1.29, 1.82) is 0 Å². The number of aryl methyl sites for hydroxylation is 1. The molecular weight excluding hydrogens is 484 g/mol. The molecule has 0 unspecified atom stereocenters. The number of imide groups is 1. The van der Waals surface area contributed by atoms with Crippen LogP contribution in [0.25, 0.3) is 0 Å². The van der Waals surface area contributed by atoms with Crippen LogP contribution >= 0.6 is 11.8 Å². The highest BCUT2D eigenvalue weighted by molar-refractivity contribution is 8.04. The molecule has 3 aromatic rings. The first-order chi connectivity index (χ1) is 18.0. The van der Waals surface area contributed by atoms with E-state index in [9.17, 15) is 14.4 Å². The highest BCUT2D eigenvalue weighted by atomic mass is 32.2. The van der Waals surface area contributed by atoms with Crippen molar-refractivity contribution < 1.29 is 19.1 Å². The Kier molecular flexibility index (Phi) is 8.80. The van der Waals surface area contributed by atoms with E-state index in [2.05, 4.69) is 12.2 Å².